The first-order valence-electron chi connectivity index (χ1n) is 14.0. The predicted octanol–water partition coefficient (Wildman–Crippen LogP) is 5.48. The van der Waals surface area contributed by atoms with Crippen LogP contribution in [0.3, 0.4) is 0 Å². The largest absolute Gasteiger partial charge is 0.497 e. The summed E-state index contributed by atoms with van der Waals surface area (Å²) in [4.78, 5) is 39.5. The Morgan fingerprint density at radius 2 is 1.77 bits per heavy atom. The smallest absolute Gasteiger partial charge is 0.336 e. The minimum absolute atomic E-state index is 0.0815. The lowest BCUT2D eigenvalue weighted by Crippen LogP contribution is -2.36. The number of dihydropyridines is 1. The zero-order chi connectivity index (χ0) is 30.1. The van der Waals surface area contributed by atoms with Gasteiger partial charge in [0.1, 0.15) is 5.75 Å². The lowest BCUT2D eigenvalue weighted by Gasteiger charge is -2.36. The van der Waals surface area contributed by atoms with E-state index in [0.717, 1.165) is 11.1 Å². The van der Waals surface area contributed by atoms with E-state index in [0.29, 0.717) is 41.3 Å². The molecule has 0 bridgehead atoms. The SMILES string of the molecule is COc1ccc([C@@H]2CC(=O)C3=C(C2)NC(C)=C(C(=O)OCCc2ccccc2)[C@H]3c2cc3c(cc2[N+](=O)[O-])OCO3)cc1. The molecule has 1 N–H and O–H groups in total. The van der Waals surface area contributed by atoms with Gasteiger partial charge in [-0.3, -0.25) is 14.9 Å². The van der Waals surface area contributed by atoms with Gasteiger partial charge in [0.2, 0.25) is 6.79 Å². The molecule has 220 valence electrons. The molecule has 3 aliphatic rings. The van der Waals surface area contributed by atoms with Crippen molar-refractivity contribution in [2.75, 3.05) is 20.5 Å². The van der Waals surface area contributed by atoms with Gasteiger partial charge in [0.15, 0.2) is 17.3 Å². The molecule has 2 aliphatic heterocycles. The monoisotopic (exact) mass is 582 g/mol. The molecule has 3 aromatic carbocycles. The number of ether oxygens (including phenoxy) is 4. The second-order valence-corrected chi connectivity index (χ2v) is 10.7. The zero-order valence-corrected chi connectivity index (χ0v) is 23.8. The maximum absolute atomic E-state index is 14.0. The number of ketones is 1. The second-order valence-electron chi connectivity index (χ2n) is 10.7. The molecule has 2 heterocycles. The van der Waals surface area contributed by atoms with Crippen LogP contribution < -0.4 is 19.5 Å². The van der Waals surface area contributed by atoms with Crippen molar-refractivity contribution in [3.05, 3.63) is 116 Å². The zero-order valence-electron chi connectivity index (χ0n) is 23.8. The number of nitro benzene ring substituents is 1. The summed E-state index contributed by atoms with van der Waals surface area (Å²) in [5.41, 5.74) is 3.47. The van der Waals surface area contributed by atoms with Crippen LogP contribution in [0.15, 0.2) is 89.3 Å². The van der Waals surface area contributed by atoms with Crippen LogP contribution in [0.1, 0.15) is 48.3 Å². The highest BCUT2D eigenvalue weighted by molar-refractivity contribution is 6.04. The average Bonchev–Trinajstić information content (AvgIpc) is 3.48. The van der Waals surface area contributed by atoms with E-state index in [2.05, 4.69) is 5.32 Å². The summed E-state index contributed by atoms with van der Waals surface area (Å²) < 4.78 is 21.9. The molecule has 2 atom stereocenters. The molecule has 10 nitrogen and oxygen atoms in total. The van der Waals surface area contributed by atoms with Crippen molar-refractivity contribution in [3.63, 3.8) is 0 Å². The molecule has 0 radical (unpaired) electrons. The van der Waals surface area contributed by atoms with Gasteiger partial charge in [-0.15, -0.1) is 0 Å². The number of nitrogens with zero attached hydrogens (tertiary/aromatic N) is 1. The first-order chi connectivity index (χ1) is 20.8. The summed E-state index contributed by atoms with van der Waals surface area (Å²) in [5, 5.41) is 15.6. The number of rotatable bonds is 8. The Kier molecular flexibility index (Phi) is 7.58. The van der Waals surface area contributed by atoms with Crippen molar-refractivity contribution in [1.82, 2.24) is 5.32 Å². The van der Waals surface area contributed by atoms with Crippen molar-refractivity contribution in [3.8, 4) is 17.2 Å². The van der Waals surface area contributed by atoms with Crippen LogP contribution in [-0.4, -0.2) is 37.2 Å². The quantitative estimate of drug-likeness (QED) is 0.209. The molecule has 0 saturated heterocycles. The van der Waals surface area contributed by atoms with Gasteiger partial charge in [-0.25, -0.2) is 4.79 Å². The molecule has 6 rings (SSSR count). The third-order valence-electron chi connectivity index (χ3n) is 8.13. The molecular weight excluding hydrogens is 552 g/mol. The fourth-order valence-electron chi connectivity index (χ4n) is 6.05. The van der Waals surface area contributed by atoms with Gasteiger partial charge in [-0.05, 0) is 48.6 Å². The minimum Gasteiger partial charge on any atom is -0.497 e. The second kappa shape index (κ2) is 11.6. The van der Waals surface area contributed by atoms with Gasteiger partial charge in [-0.1, -0.05) is 42.5 Å². The van der Waals surface area contributed by atoms with Crippen molar-refractivity contribution in [2.24, 2.45) is 0 Å². The minimum atomic E-state index is -1.03. The van der Waals surface area contributed by atoms with E-state index in [-0.39, 0.29) is 54.1 Å². The number of nitrogens with one attached hydrogen (secondary N) is 1. The Bertz CT molecular complexity index is 1660. The highest BCUT2D eigenvalue weighted by Crippen LogP contribution is 2.50. The standard InChI is InChI=1S/C33H30N2O8/c1-19-30(33(37)41-13-12-20-6-4-3-5-7-20)31(24-16-28-29(43-18-42-28)17-26(24)35(38)39)32-25(34-19)14-22(15-27(32)36)21-8-10-23(40-2)11-9-21/h3-11,16-17,22,31,34H,12-15,18H2,1-2H3/t22-,31+/m0/s1. The summed E-state index contributed by atoms with van der Waals surface area (Å²) in [5.74, 6) is -0.728. The molecule has 0 fully saturated rings. The Morgan fingerprint density at radius 3 is 2.47 bits per heavy atom. The average molecular weight is 583 g/mol. The third kappa shape index (κ3) is 5.43. The van der Waals surface area contributed by atoms with Crippen LogP contribution in [0.25, 0.3) is 0 Å². The number of hydrogen-bond acceptors (Lipinski definition) is 9. The van der Waals surface area contributed by atoms with Crippen molar-refractivity contribution in [2.45, 2.75) is 38.0 Å². The molecule has 1 aliphatic carbocycles. The summed E-state index contributed by atoms with van der Waals surface area (Å²) in [6, 6.07) is 20.0. The molecule has 0 spiro atoms. The van der Waals surface area contributed by atoms with Crippen LogP contribution >= 0.6 is 0 Å². The van der Waals surface area contributed by atoms with Gasteiger partial charge >= 0.3 is 5.97 Å². The van der Waals surface area contributed by atoms with Crippen LogP contribution in [0, 0.1) is 10.1 Å². The van der Waals surface area contributed by atoms with Gasteiger partial charge in [0.05, 0.1) is 36.2 Å². The number of carbonyl (C=O) groups excluding carboxylic acids is 2. The van der Waals surface area contributed by atoms with E-state index in [9.17, 15) is 19.7 Å². The highest BCUT2D eigenvalue weighted by Gasteiger charge is 2.44. The number of hydrogen-bond donors (Lipinski definition) is 1. The number of benzene rings is 3. The van der Waals surface area contributed by atoms with Gasteiger partial charge < -0.3 is 24.3 Å². The number of fused-ring (bicyclic) bond motifs is 1. The maximum Gasteiger partial charge on any atom is 0.336 e. The molecule has 3 aromatic rings. The topological polar surface area (TPSA) is 126 Å². The van der Waals surface area contributed by atoms with E-state index in [1.807, 2.05) is 54.6 Å². The fourth-order valence-corrected chi connectivity index (χ4v) is 6.05. The van der Waals surface area contributed by atoms with E-state index in [4.69, 9.17) is 18.9 Å². The van der Waals surface area contributed by atoms with Crippen LogP contribution in [0.2, 0.25) is 0 Å². The normalized spacial score (nSPS) is 19.1. The number of esters is 1. The Morgan fingerprint density at radius 1 is 1.05 bits per heavy atom. The van der Waals surface area contributed by atoms with Gasteiger partial charge in [0.25, 0.3) is 5.69 Å². The van der Waals surface area contributed by atoms with Gasteiger partial charge in [0, 0.05) is 35.4 Å². The van der Waals surface area contributed by atoms with Crippen LogP contribution in [0.5, 0.6) is 17.2 Å². The Balaban J connectivity index is 1.40. The van der Waals surface area contributed by atoms with Gasteiger partial charge in [-0.2, -0.15) is 0 Å². The van der Waals surface area contributed by atoms with Crippen molar-refractivity contribution < 1.29 is 33.5 Å². The van der Waals surface area contributed by atoms with Crippen molar-refractivity contribution in [1.29, 1.82) is 0 Å². The third-order valence-corrected chi connectivity index (χ3v) is 8.13. The van der Waals surface area contributed by atoms with E-state index < -0.39 is 16.8 Å². The first kappa shape index (κ1) is 28.0. The number of allylic oxidation sites excluding steroid dienone is 3. The lowest BCUT2D eigenvalue weighted by molar-refractivity contribution is -0.385. The van der Waals surface area contributed by atoms with E-state index in [1.54, 1.807) is 14.0 Å². The predicted molar refractivity (Wildman–Crippen MR) is 156 cm³/mol. The summed E-state index contributed by atoms with van der Waals surface area (Å²) in [7, 11) is 1.59. The van der Waals surface area contributed by atoms with Crippen LogP contribution in [0.4, 0.5) is 5.69 Å². The molecule has 10 heteroatoms. The number of Topliss-reactive ketones (excluding diaryl/α,β-unsaturated/α-hetero) is 1. The number of carbonyl (C=O) groups is 2. The highest BCUT2D eigenvalue weighted by atomic mass is 16.7. The molecular formula is C33H30N2O8. The molecule has 0 unspecified atom stereocenters. The van der Waals surface area contributed by atoms with Crippen LogP contribution in [-0.2, 0) is 20.7 Å². The maximum atomic E-state index is 14.0. The van der Waals surface area contributed by atoms with E-state index >= 15 is 0 Å². The lowest BCUT2D eigenvalue weighted by atomic mass is 9.71. The Labute approximate surface area is 248 Å². The molecule has 0 aromatic heterocycles. The number of methoxy groups -OCH3 is 1. The van der Waals surface area contributed by atoms with Crippen molar-refractivity contribution >= 4 is 17.4 Å². The fraction of sp³-hybridized carbons (Fsp3) is 0.273. The Hall–Kier alpha value is -5.12. The van der Waals surface area contributed by atoms with E-state index in [1.165, 1.54) is 12.1 Å². The molecule has 0 saturated carbocycles. The molecule has 0 amide bonds. The first-order valence-corrected chi connectivity index (χ1v) is 14.0. The molecule has 43 heavy (non-hydrogen) atoms. The summed E-state index contributed by atoms with van der Waals surface area (Å²) in [6.45, 7) is 1.75. The summed E-state index contributed by atoms with van der Waals surface area (Å²) >= 11 is 0. The summed E-state index contributed by atoms with van der Waals surface area (Å²) in [6.07, 6.45) is 1.16. The number of nitro groups is 1.